The second-order valence-corrected chi connectivity index (χ2v) is 3.64. The molecule has 1 aromatic rings. The fourth-order valence-electron chi connectivity index (χ4n) is 1.27. The number of aliphatic carboxylic acids is 1. The van der Waals surface area contributed by atoms with Crippen molar-refractivity contribution in [3.63, 3.8) is 0 Å². The van der Waals surface area contributed by atoms with Gasteiger partial charge in [0, 0.05) is 4.47 Å². The van der Waals surface area contributed by atoms with E-state index in [-0.39, 0.29) is 18.1 Å². The largest absolute Gasteiger partial charge is 0.475 e. The summed E-state index contributed by atoms with van der Waals surface area (Å²) in [5, 5.41) is 8.62. The van der Waals surface area contributed by atoms with Crippen molar-refractivity contribution in [1.29, 1.82) is 0 Å². The summed E-state index contributed by atoms with van der Waals surface area (Å²) in [6, 6.07) is 3.15. The smallest absolute Gasteiger partial charge is 0.377 e. The fourth-order valence-corrected chi connectivity index (χ4v) is 1.76. The van der Waals surface area contributed by atoms with Crippen molar-refractivity contribution < 1.29 is 24.2 Å². The third-order valence-corrected chi connectivity index (χ3v) is 2.57. The number of carboxylic acid groups (broad SMARTS) is 1. The summed E-state index contributed by atoms with van der Waals surface area (Å²) >= 11 is 3.10. The fraction of sp³-hybridized carbons (Fsp3) is 0.111. The van der Waals surface area contributed by atoms with Gasteiger partial charge in [-0.25, -0.2) is 4.79 Å². The van der Waals surface area contributed by atoms with Crippen LogP contribution in [0.1, 0.15) is 10.4 Å². The number of halogens is 1. The van der Waals surface area contributed by atoms with Gasteiger partial charge in [0.05, 0.1) is 5.56 Å². The van der Waals surface area contributed by atoms with Crippen LogP contribution in [0.2, 0.25) is 0 Å². The Labute approximate surface area is 92.7 Å². The van der Waals surface area contributed by atoms with Crippen LogP contribution in [0, 0.1) is 0 Å². The van der Waals surface area contributed by atoms with E-state index >= 15 is 0 Å². The highest BCUT2D eigenvalue weighted by Gasteiger charge is 2.28. The van der Waals surface area contributed by atoms with E-state index < -0.39 is 11.8 Å². The van der Waals surface area contributed by atoms with Gasteiger partial charge in [0.15, 0.2) is 11.5 Å². The Balaban J connectivity index is 2.60. The van der Waals surface area contributed by atoms with E-state index in [0.29, 0.717) is 10.2 Å². The predicted molar refractivity (Wildman–Crippen MR) is 52.2 cm³/mol. The van der Waals surface area contributed by atoms with Crippen LogP contribution in [0.25, 0.3) is 0 Å². The predicted octanol–water partition coefficient (Wildman–Crippen LogP) is 1.45. The highest BCUT2D eigenvalue weighted by atomic mass is 79.9. The zero-order valence-electron chi connectivity index (χ0n) is 7.32. The Morgan fingerprint density at radius 2 is 2.07 bits per heavy atom. The van der Waals surface area contributed by atoms with Crippen LogP contribution >= 0.6 is 15.9 Å². The number of ketones is 1. The molecule has 0 atom stereocenters. The Kier molecular flexibility index (Phi) is 2.36. The highest BCUT2D eigenvalue weighted by molar-refractivity contribution is 9.10. The summed E-state index contributed by atoms with van der Waals surface area (Å²) in [5.74, 6) is -2.00. The first-order valence-electron chi connectivity index (χ1n) is 3.97. The Morgan fingerprint density at radius 3 is 2.73 bits per heavy atom. The Hall–Kier alpha value is -1.56. The first kappa shape index (κ1) is 9.97. The van der Waals surface area contributed by atoms with Gasteiger partial charge in [0.1, 0.15) is 0 Å². The minimum Gasteiger partial charge on any atom is -0.475 e. The molecule has 0 amide bonds. The second-order valence-electron chi connectivity index (χ2n) is 2.79. The van der Waals surface area contributed by atoms with Gasteiger partial charge in [-0.2, -0.15) is 0 Å². The molecule has 0 saturated carbocycles. The van der Waals surface area contributed by atoms with Crippen LogP contribution in [0.5, 0.6) is 11.5 Å². The van der Waals surface area contributed by atoms with Crippen molar-refractivity contribution in [2.24, 2.45) is 0 Å². The van der Waals surface area contributed by atoms with Crippen LogP contribution in [-0.2, 0) is 4.79 Å². The molecule has 2 rings (SSSR count). The van der Waals surface area contributed by atoms with Gasteiger partial charge in [-0.15, -0.1) is 0 Å². The van der Waals surface area contributed by atoms with Crippen LogP contribution in [0.3, 0.4) is 0 Å². The van der Waals surface area contributed by atoms with E-state index in [9.17, 15) is 9.59 Å². The highest BCUT2D eigenvalue weighted by Crippen LogP contribution is 2.39. The normalized spacial score (nSPS) is 12.6. The molecule has 15 heavy (non-hydrogen) atoms. The minimum atomic E-state index is -1.53. The number of carbonyl (C=O) groups excluding carboxylic acids is 1. The van der Waals surface area contributed by atoms with Crippen LogP contribution in [-0.4, -0.2) is 23.7 Å². The van der Waals surface area contributed by atoms with Crippen LogP contribution in [0.4, 0.5) is 0 Å². The number of carboxylic acids is 1. The standard InChI is InChI=1S/C9H5BrO5/c10-4-1-2-5-8(15-3-14-5)6(4)7(11)9(12)13/h1-2H,3H2,(H,12,13). The molecule has 1 N–H and O–H groups in total. The van der Waals surface area contributed by atoms with Gasteiger partial charge >= 0.3 is 5.97 Å². The zero-order chi connectivity index (χ0) is 11.0. The zero-order valence-corrected chi connectivity index (χ0v) is 8.91. The average Bonchev–Trinajstić information content (AvgIpc) is 2.64. The maximum absolute atomic E-state index is 11.4. The first-order chi connectivity index (χ1) is 7.11. The maximum atomic E-state index is 11.4. The van der Waals surface area contributed by atoms with Gasteiger partial charge in [0.2, 0.25) is 6.79 Å². The topological polar surface area (TPSA) is 72.8 Å². The number of benzene rings is 1. The average molecular weight is 273 g/mol. The molecule has 78 valence electrons. The maximum Gasteiger partial charge on any atom is 0.377 e. The van der Waals surface area contributed by atoms with E-state index in [1.807, 2.05) is 0 Å². The number of hydrogen-bond acceptors (Lipinski definition) is 4. The quantitative estimate of drug-likeness (QED) is 0.652. The first-order valence-corrected chi connectivity index (χ1v) is 4.76. The molecule has 0 radical (unpaired) electrons. The molecule has 6 heteroatoms. The third-order valence-electron chi connectivity index (χ3n) is 1.91. The molecule has 1 aliphatic heterocycles. The summed E-state index contributed by atoms with van der Waals surface area (Å²) in [6.07, 6.45) is 0. The van der Waals surface area contributed by atoms with Gasteiger partial charge in [-0.1, -0.05) is 0 Å². The minimum absolute atomic E-state index is 0.00825. The monoisotopic (exact) mass is 272 g/mol. The van der Waals surface area contributed by atoms with E-state index in [2.05, 4.69) is 15.9 Å². The number of carbonyl (C=O) groups is 2. The summed E-state index contributed by atoms with van der Waals surface area (Å²) in [7, 11) is 0. The third kappa shape index (κ3) is 1.56. The molecule has 1 heterocycles. The molecular weight excluding hydrogens is 268 g/mol. The SMILES string of the molecule is O=C(O)C(=O)c1c(Br)ccc2c1OCO2. The summed E-state index contributed by atoms with van der Waals surface area (Å²) < 4.78 is 10.5. The lowest BCUT2D eigenvalue weighted by atomic mass is 10.1. The number of hydrogen-bond donors (Lipinski definition) is 1. The summed E-state index contributed by atoms with van der Waals surface area (Å²) in [6.45, 7) is -0.00825. The second kappa shape index (κ2) is 3.54. The lowest BCUT2D eigenvalue weighted by Gasteiger charge is -2.04. The van der Waals surface area contributed by atoms with Crippen LogP contribution in [0.15, 0.2) is 16.6 Å². The molecule has 1 aliphatic rings. The summed E-state index contributed by atoms with van der Waals surface area (Å²) in [5.41, 5.74) is -0.0162. The molecule has 0 saturated heterocycles. The number of Topliss-reactive ketones (excluding diaryl/α,β-unsaturated/α-hetero) is 1. The molecule has 0 bridgehead atoms. The molecule has 0 unspecified atom stereocenters. The number of fused-ring (bicyclic) bond motifs is 1. The Morgan fingerprint density at radius 1 is 1.33 bits per heavy atom. The number of rotatable bonds is 2. The Bertz CT molecular complexity index is 454. The van der Waals surface area contributed by atoms with E-state index in [0.717, 1.165) is 0 Å². The van der Waals surface area contributed by atoms with Crippen molar-refractivity contribution in [2.75, 3.05) is 6.79 Å². The van der Waals surface area contributed by atoms with Gasteiger partial charge in [-0.3, -0.25) is 4.79 Å². The van der Waals surface area contributed by atoms with E-state index in [4.69, 9.17) is 14.6 Å². The van der Waals surface area contributed by atoms with Gasteiger partial charge in [0.25, 0.3) is 5.78 Å². The van der Waals surface area contributed by atoms with E-state index in [1.165, 1.54) is 0 Å². The molecule has 0 fully saturated rings. The van der Waals surface area contributed by atoms with Gasteiger partial charge in [-0.05, 0) is 28.1 Å². The molecular formula is C9H5BrO5. The van der Waals surface area contributed by atoms with Crippen molar-refractivity contribution in [3.05, 3.63) is 22.2 Å². The lowest BCUT2D eigenvalue weighted by Crippen LogP contribution is -2.14. The molecule has 0 aliphatic carbocycles. The molecule has 1 aromatic carbocycles. The van der Waals surface area contributed by atoms with Gasteiger partial charge < -0.3 is 14.6 Å². The number of ether oxygens (including phenoxy) is 2. The van der Waals surface area contributed by atoms with Crippen molar-refractivity contribution in [2.45, 2.75) is 0 Å². The van der Waals surface area contributed by atoms with Crippen molar-refractivity contribution in [1.82, 2.24) is 0 Å². The van der Waals surface area contributed by atoms with Crippen molar-refractivity contribution in [3.8, 4) is 11.5 Å². The summed E-state index contributed by atoms with van der Waals surface area (Å²) in [4.78, 5) is 21.9. The van der Waals surface area contributed by atoms with E-state index in [1.54, 1.807) is 12.1 Å². The van der Waals surface area contributed by atoms with Crippen LogP contribution < -0.4 is 9.47 Å². The lowest BCUT2D eigenvalue weighted by molar-refractivity contribution is -0.131. The molecule has 5 nitrogen and oxygen atoms in total. The molecule has 0 spiro atoms. The van der Waals surface area contributed by atoms with Crippen molar-refractivity contribution >= 4 is 27.7 Å². The molecule has 0 aromatic heterocycles.